The third-order valence-corrected chi connectivity index (χ3v) is 7.15. The van der Waals surface area contributed by atoms with Gasteiger partial charge in [-0.25, -0.2) is 9.59 Å². The molecule has 2 aromatic heterocycles. The molecule has 0 aromatic carbocycles. The first-order valence-electron chi connectivity index (χ1n) is 13.7. The zero-order chi connectivity index (χ0) is 30.7. The lowest BCUT2D eigenvalue weighted by Crippen LogP contribution is -2.42. The number of hydrogen-bond donors (Lipinski definition) is 2. The average molecular weight is 609 g/mol. The first-order valence-corrected chi connectivity index (χ1v) is 13.7. The van der Waals surface area contributed by atoms with E-state index < -0.39 is 83.5 Å². The molecule has 0 aliphatic carbocycles. The van der Waals surface area contributed by atoms with Gasteiger partial charge in [-0.3, -0.25) is 38.3 Å². The van der Waals surface area contributed by atoms with Crippen LogP contribution in [0.15, 0.2) is 43.7 Å². The number of rotatable bonds is 4. The topological polar surface area (TPSA) is 208 Å². The summed E-state index contributed by atoms with van der Waals surface area (Å²) in [6.07, 6.45) is -4.15. The van der Waals surface area contributed by atoms with Crippen molar-refractivity contribution in [1.82, 2.24) is 19.1 Å². The summed E-state index contributed by atoms with van der Waals surface area (Å²) in [6.45, 7) is 2.65. The van der Waals surface area contributed by atoms with E-state index >= 15 is 0 Å². The van der Waals surface area contributed by atoms with Crippen LogP contribution >= 0.6 is 0 Å². The first kappa shape index (κ1) is 30.6. The molecule has 17 nitrogen and oxygen atoms in total. The van der Waals surface area contributed by atoms with Crippen molar-refractivity contribution in [3.05, 3.63) is 66.2 Å². The van der Waals surface area contributed by atoms with E-state index in [0.717, 1.165) is 21.3 Å². The molecule has 17 heteroatoms. The fourth-order valence-electron chi connectivity index (χ4n) is 5.37. The van der Waals surface area contributed by atoms with Crippen molar-refractivity contribution in [2.45, 2.75) is 75.8 Å². The third-order valence-electron chi connectivity index (χ3n) is 7.15. The average Bonchev–Trinajstić information content (AvgIpc) is 3.43. The molecule has 43 heavy (non-hydrogen) atoms. The first-order chi connectivity index (χ1) is 20.6. The molecule has 5 rings (SSSR count). The van der Waals surface area contributed by atoms with Crippen molar-refractivity contribution in [1.29, 1.82) is 0 Å². The summed E-state index contributed by atoms with van der Waals surface area (Å²) < 4.78 is 43.6. The van der Waals surface area contributed by atoms with Crippen molar-refractivity contribution in [3.63, 3.8) is 0 Å². The second-order valence-electron chi connectivity index (χ2n) is 10.2. The summed E-state index contributed by atoms with van der Waals surface area (Å²) in [6, 6.07) is 2.28. The van der Waals surface area contributed by atoms with Crippen molar-refractivity contribution >= 4 is 11.9 Å². The number of ether oxygens (including phenoxy) is 7. The van der Waals surface area contributed by atoms with Gasteiger partial charge in [0, 0.05) is 51.6 Å². The Hall–Kier alpha value is -3.90. The van der Waals surface area contributed by atoms with E-state index in [4.69, 9.17) is 33.2 Å². The van der Waals surface area contributed by atoms with Crippen LogP contribution in [0.3, 0.4) is 0 Å². The van der Waals surface area contributed by atoms with Crippen LogP contribution in [0, 0.1) is 0 Å². The van der Waals surface area contributed by atoms with Gasteiger partial charge >= 0.3 is 23.3 Å². The Kier molecular flexibility index (Phi) is 9.36. The number of H-pyrrole nitrogens is 2. The predicted molar refractivity (Wildman–Crippen MR) is 141 cm³/mol. The molecule has 3 fully saturated rings. The number of nitrogens with zero attached hydrogens (tertiary/aromatic N) is 2. The highest BCUT2D eigenvalue weighted by molar-refractivity contribution is 5.66. The summed E-state index contributed by atoms with van der Waals surface area (Å²) in [4.78, 5) is 76.7. The Labute approximate surface area is 242 Å². The molecule has 0 saturated carbocycles. The molecule has 5 heterocycles. The Morgan fingerprint density at radius 1 is 0.744 bits per heavy atom. The fraction of sp³-hybridized carbons (Fsp3) is 0.615. The number of carbonyl (C=O) groups is 2. The molecule has 0 spiro atoms. The molecule has 2 aromatic rings. The summed E-state index contributed by atoms with van der Waals surface area (Å²) >= 11 is 0. The SMILES string of the molecule is CC(=O)O[C@@H]1[C@H]2OCCCCO[C@@H]3[C@@H](OC(C)=O)[C@H](n4ccc(=O)[nH]c4=O)O[C@@H]3COC[C@H]2O[C@H]1n1ccc(=O)[nH]c1=O. The lowest BCUT2D eigenvalue weighted by atomic mass is 10.1. The van der Waals surface area contributed by atoms with Gasteiger partial charge in [0.15, 0.2) is 24.7 Å². The van der Waals surface area contributed by atoms with Crippen molar-refractivity contribution in [2.75, 3.05) is 26.4 Å². The van der Waals surface area contributed by atoms with Crippen LogP contribution in [0.5, 0.6) is 0 Å². The van der Waals surface area contributed by atoms with Crippen LogP contribution in [0.4, 0.5) is 0 Å². The second-order valence-corrected chi connectivity index (χ2v) is 10.2. The van der Waals surface area contributed by atoms with Gasteiger partial charge in [0.1, 0.15) is 24.4 Å². The number of fused-ring (bicyclic) bond motifs is 2. The van der Waals surface area contributed by atoms with Crippen molar-refractivity contribution in [3.8, 4) is 0 Å². The largest absolute Gasteiger partial charge is 0.455 e. The Morgan fingerprint density at radius 3 is 1.53 bits per heavy atom. The molecule has 8 atom stereocenters. The lowest BCUT2D eigenvalue weighted by Gasteiger charge is -2.24. The van der Waals surface area contributed by atoms with E-state index in [1.165, 1.54) is 26.2 Å². The van der Waals surface area contributed by atoms with Crippen LogP contribution in [0.2, 0.25) is 0 Å². The van der Waals surface area contributed by atoms with Crippen LogP contribution in [0.25, 0.3) is 0 Å². The van der Waals surface area contributed by atoms with Gasteiger partial charge in [-0.1, -0.05) is 0 Å². The minimum Gasteiger partial charge on any atom is -0.455 e. The number of esters is 2. The molecule has 2 N–H and O–H groups in total. The van der Waals surface area contributed by atoms with Gasteiger partial charge in [-0.2, -0.15) is 0 Å². The number of nitrogens with one attached hydrogen (secondary N) is 2. The maximum atomic E-state index is 12.6. The van der Waals surface area contributed by atoms with Gasteiger partial charge < -0.3 is 33.2 Å². The zero-order valence-electron chi connectivity index (χ0n) is 23.4. The molecular formula is C26H32N4O13. The summed E-state index contributed by atoms with van der Waals surface area (Å²) in [7, 11) is 0. The standard InChI is InChI=1S/C26H32N4O13/c1-13(31)40-21-19-15(42-23(21)29-7-5-17(33)27-25(29)35)11-37-12-16-20(39-10-4-3-9-38-19)22(41-14(2)32)24(43-16)30-8-6-18(34)28-26(30)36/h5-8,15-16,19-24H,3-4,9-12H2,1-2H3,(H,27,33,35)(H,28,34,36)/t15-,16-,19+,20+,21-,22-,23-,24-/m1/s1. The lowest BCUT2D eigenvalue weighted by molar-refractivity contribution is -0.159. The molecule has 0 amide bonds. The normalized spacial score (nSPS) is 31.5. The molecule has 3 aliphatic heterocycles. The third kappa shape index (κ3) is 6.86. The maximum absolute atomic E-state index is 12.6. The van der Waals surface area contributed by atoms with E-state index in [1.807, 2.05) is 0 Å². The number of aromatic amines is 2. The predicted octanol–water partition coefficient (Wildman–Crippen LogP) is -1.67. The summed E-state index contributed by atoms with van der Waals surface area (Å²) in [5.41, 5.74) is -2.73. The molecule has 0 unspecified atom stereocenters. The molecule has 3 saturated heterocycles. The molecule has 0 bridgehead atoms. The maximum Gasteiger partial charge on any atom is 0.330 e. The van der Waals surface area contributed by atoms with Crippen molar-refractivity contribution < 1.29 is 42.7 Å². The minimum absolute atomic E-state index is 0.106. The van der Waals surface area contributed by atoms with E-state index in [2.05, 4.69) is 9.97 Å². The van der Waals surface area contributed by atoms with Gasteiger partial charge in [-0.05, 0) is 12.8 Å². The highest BCUT2D eigenvalue weighted by Gasteiger charge is 2.51. The number of hydrogen-bond acceptors (Lipinski definition) is 13. The molecule has 234 valence electrons. The molecule has 0 radical (unpaired) electrons. The van der Waals surface area contributed by atoms with Crippen molar-refractivity contribution in [2.24, 2.45) is 0 Å². The number of aromatic nitrogens is 4. The van der Waals surface area contributed by atoms with Gasteiger partial charge in [0.05, 0.1) is 13.2 Å². The monoisotopic (exact) mass is 608 g/mol. The smallest absolute Gasteiger partial charge is 0.330 e. The van der Waals surface area contributed by atoms with E-state index in [-0.39, 0.29) is 26.4 Å². The Balaban J connectivity index is 1.40. The quantitative estimate of drug-likeness (QED) is 0.373. The molecule has 3 aliphatic rings. The van der Waals surface area contributed by atoms with E-state index in [1.54, 1.807) is 0 Å². The Morgan fingerprint density at radius 2 is 1.16 bits per heavy atom. The van der Waals surface area contributed by atoms with E-state index in [9.17, 15) is 28.8 Å². The van der Waals surface area contributed by atoms with Gasteiger partial charge in [0.25, 0.3) is 11.1 Å². The van der Waals surface area contributed by atoms with Gasteiger partial charge in [-0.15, -0.1) is 0 Å². The minimum atomic E-state index is -1.12. The highest BCUT2D eigenvalue weighted by Crippen LogP contribution is 2.36. The molecular weight excluding hydrogens is 576 g/mol. The van der Waals surface area contributed by atoms with E-state index in [0.29, 0.717) is 12.8 Å². The second kappa shape index (κ2) is 13.2. The highest BCUT2D eigenvalue weighted by atomic mass is 16.7. The van der Waals surface area contributed by atoms with Crippen LogP contribution in [-0.2, 0) is 42.7 Å². The summed E-state index contributed by atoms with van der Waals surface area (Å²) in [5, 5.41) is 0. The van der Waals surface area contributed by atoms with Crippen LogP contribution in [0.1, 0.15) is 39.1 Å². The zero-order valence-corrected chi connectivity index (χ0v) is 23.4. The summed E-state index contributed by atoms with van der Waals surface area (Å²) in [5.74, 6) is -1.25. The fourth-order valence-corrected chi connectivity index (χ4v) is 5.37. The number of carbonyl (C=O) groups excluding carboxylic acids is 2. The van der Waals surface area contributed by atoms with Crippen LogP contribution < -0.4 is 22.5 Å². The van der Waals surface area contributed by atoms with Gasteiger partial charge in [0.2, 0.25) is 0 Å². The Bertz CT molecular complexity index is 1430. The van der Waals surface area contributed by atoms with Crippen LogP contribution in [-0.4, -0.2) is 94.1 Å².